The Bertz CT molecular complexity index is 516. The second-order valence-corrected chi connectivity index (χ2v) is 5.44. The van der Waals surface area contributed by atoms with E-state index in [-0.39, 0.29) is 10.8 Å². The van der Waals surface area contributed by atoms with Gasteiger partial charge in [0.05, 0.1) is 18.8 Å². The van der Waals surface area contributed by atoms with Crippen LogP contribution in [-0.4, -0.2) is 30.6 Å². The molecule has 7 nitrogen and oxygen atoms in total. The largest absolute Gasteiger partial charge is 0.390 e. The number of hydrogen-bond acceptors (Lipinski definition) is 6. The molecule has 11 heteroatoms. The molecule has 0 spiro atoms. The van der Waals surface area contributed by atoms with Gasteiger partial charge in [0, 0.05) is 6.04 Å². The molecule has 0 aliphatic heterocycles. The number of hydrazine groups is 1. The van der Waals surface area contributed by atoms with Gasteiger partial charge in [-0.15, -0.1) is 0 Å². The second kappa shape index (κ2) is 5.67. The topological polar surface area (TPSA) is 110 Å². The van der Waals surface area contributed by atoms with E-state index in [9.17, 15) is 21.6 Å². The van der Waals surface area contributed by atoms with Crippen molar-refractivity contribution in [3.05, 3.63) is 12.4 Å². The number of nitrogens with two attached hydrogens (primary N) is 1. The number of rotatable bonds is 5. The highest BCUT2D eigenvalue weighted by Gasteiger charge is 2.32. The number of nitrogen functional groups attached to an aromatic ring is 1. The number of aromatic nitrogens is 2. The van der Waals surface area contributed by atoms with Crippen molar-refractivity contribution in [1.82, 2.24) is 14.7 Å². The van der Waals surface area contributed by atoms with Crippen LogP contribution in [0.2, 0.25) is 0 Å². The Kier molecular flexibility index (Phi) is 4.66. The molecule has 108 valence electrons. The fourth-order valence-corrected chi connectivity index (χ4v) is 2.38. The lowest BCUT2D eigenvalue weighted by atomic mass is 10.2. The van der Waals surface area contributed by atoms with E-state index < -0.39 is 28.7 Å². The van der Waals surface area contributed by atoms with Crippen molar-refractivity contribution in [2.24, 2.45) is 5.84 Å². The Hall–Kier alpha value is -1.46. The van der Waals surface area contributed by atoms with Crippen molar-refractivity contribution >= 4 is 16.0 Å². The van der Waals surface area contributed by atoms with Crippen LogP contribution >= 0.6 is 0 Å². The van der Waals surface area contributed by atoms with Gasteiger partial charge in [-0.3, -0.25) is 5.43 Å². The fraction of sp³-hybridized carbons (Fsp3) is 0.500. The van der Waals surface area contributed by atoms with E-state index in [4.69, 9.17) is 5.84 Å². The van der Waals surface area contributed by atoms with Crippen molar-refractivity contribution < 1.29 is 21.6 Å². The summed E-state index contributed by atoms with van der Waals surface area (Å²) in [5.74, 6) is 4.98. The van der Waals surface area contributed by atoms with Gasteiger partial charge in [0.15, 0.2) is 0 Å². The average Bonchev–Trinajstić information content (AvgIpc) is 2.25. The molecule has 0 amide bonds. The number of alkyl halides is 3. The van der Waals surface area contributed by atoms with Crippen LogP contribution in [0.3, 0.4) is 0 Å². The van der Waals surface area contributed by atoms with Gasteiger partial charge in [-0.05, 0) is 6.92 Å². The number of sulfonamides is 1. The minimum Gasteiger partial charge on any atom is -0.292 e. The van der Waals surface area contributed by atoms with Crippen molar-refractivity contribution in [1.29, 1.82) is 0 Å². The zero-order chi connectivity index (χ0) is 14.7. The Labute approximate surface area is 107 Å². The van der Waals surface area contributed by atoms with Gasteiger partial charge in [-0.1, -0.05) is 0 Å². The van der Waals surface area contributed by atoms with Gasteiger partial charge in [0.25, 0.3) is 0 Å². The summed E-state index contributed by atoms with van der Waals surface area (Å²) in [4.78, 5) is 6.77. The van der Waals surface area contributed by atoms with Gasteiger partial charge < -0.3 is 0 Å². The lowest BCUT2D eigenvalue weighted by molar-refractivity contribution is -0.137. The molecule has 0 saturated heterocycles. The van der Waals surface area contributed by atoms with E-state index in [0.717, 1.165) is 19.3 Å². The molecule has 1 atom stereocenters. The zero-order valence-corrected chi connectivity index (χ0v) is 10.6. The molecule has 1 aromatic heterocycles. The molecule has 0 aromatic carbocycles. The molecule has 4 N–H and O–H groups in total. The first-order chi connectivity index (χ1) is 8.64. The highest BCUT2D eigenvalue weighted by atomic mass is 32.2. The van der Waals surface area contributed by atoms with Crippen LogP contribution in [0, 0.1) is 0 Å². The Morgan fingerprint density at radius 3 is 2.32 bits per heavy atom. The van der Waals surface area contributed by atoms with Crippen LogP contribution in [0.4, 0.5) is 19.1 Å². The van der Waals surface area contributed by atoms with Crippen LogP contribution in [0.1, 0.15) is 13.3 Å². The summed E-state index contributed by atoms with van der Waals surface area (Å²) >= 11 is 0. The van der Waals surface area contributed by atoms with Crippen molar-refractivity contribution in [2.75, 3.05) is 5.43 Å². The maximum absolute atomic E-state index is 12.1. The first kappa shape index (κ1) is 15.6. The first-order valence-corrected chi connectivity index (χ1v) is 6.50. The van der Waals surface area contributed by atoms with Crippen molar-refractivity contribution in [3.8, 4) is 0 Å². The van der Waals surface area contributed by atoms with E-state index >= 15 is 0 Å². The summed E-state index contributed by atoms with van der Waals surface area (Å²) in [6.07, 6.45) is -3.85. The van der Waals surface area contributed by atoms with Crippen LogP contribution in [0.5, 0.6) is 0 Å². The Balaban J connectivity index is 2.80. The molecule has 0 bridgehead atoms. The predicted molar refractivity (Wildman–Crippen MR) is 60.3 cm³/mol. The molecular weight excluding hydrogens is 287 g/mol. The summed E-state index contributed by atoms with van der Waals surface area (Å²) in [6.45, 7) is 1.11. The number of nitrogens with one attached hydrogen (secondary N) is 2. The average molecular weight is 299 g/mol. The third-order valence-electron chi connectivity index (χ3n) is 1.96. The summed E-state index contributed by atoms with van der Waals surface area (Å²) in [5.41, 5.74) is 2.09. The van der Waals surface area contributed by atoms with Crippen molar-refractivity contribution in [3.63, 3.8) is 0 Å². The van der Waals surface area contributed by atoms with Crippen LogP contribution < -0.4 is 16.0 Å². The summed E-state index contributed by atoms with van der Waals surface area (Å²) in [6, 6.07) is -1.29. The third-order valence-corrected chi connectivity index (χ3v) is 3.51. The Morgan fingerprint density at radius 1 is 1.37 bits per heavy atom. The molecule has 0 aliphatic rings. The zero-order valence-electron chi connectivity index (χ0n) is 9.77. The lowest BCUT2D eigenvalue weighted by Crippen LogP contribution is -2.36. The second-order valence-electron chi connectivity index (χ2n) is 3.73. The maximum Gasteiger partial charge on any atom is 0.390 e. The Morgan fingerprint density at radius 2 is 1.89 bits per heavy atom. The van der Waals surface area contributed by atoms with E-state index in [1.54, 1.807) is 0 Å². The van der Waals surface area contributed by atoms with Gasteiger partial charge >= 0.3 is 6.18 Å². The highest BCUT2D eigenvalue weighted by molar-refractivity contribution is 7.89. The third kappa shape index (κ3) is 4.96. The molecule has 1 unspecified atom stereocenters. The first-order valence-electron chi connectivity index (χ1n) is 5.02. The van der Waals surface area contributed by atoms with E-state index in [0.29, 0.717) is 0 Å². The number of anilines is 1. The number of nitrogens with zero attached hydrogens (tertiary/aromatic N) is 2. The molecule has 1 aromatic rings. The number of halogens is 3. The standard InChI is InChI=1S/C8H12F3N5O2S/c1-5(2-8(9,10)11)16-19(17,18)6-3-13-7(15-12)14-4-6/h3-5,16H,2,12H2,1H3,(H,13,14,15). The van der Waals surface area contributed by atoms with Gasteiger partial charge in [-0.25, -0.2) is 29.0 Å². The monoisotopic (exact) mass is 299 g/mol. The lowest BCUT2D eigenvalue weighted by Gasteiger charge is -2.15. The fourth-order valence-electron chi connectivity index (χ4n) is 1.25. The van der Waals surface area contributed by atoms with Gasteiger partial charge in [0.1, 0.15) is 4.90 Å². The quantitative estimate of drug-likeness (QED) is 0.535. The SMILES string of the molecule is CC(CC(F)(F)F)NS(=O)(=O)c1cnc(NN)nc1. The molecule has 0 aliphatic carbocycles. The molecule has 0 radical (unpaired) electrons. The van der Waals surface area contributed by atoms with Crippen LogP contribution in [0.25, 0.3) is 0 Å². The van der Waals surface area contributed by atoms with Crippen LogP contribution in [0.15, 0.2) is 17.3 Å². The molecule has 0 saturated carbocycles. The minimum atomic E-state index is -4.45. The molecular formula is C8H12F3N5O2S. The van der Waals surface area contributed by atoms with E-state index in [1.165, 1.54) is 0 Å². The van der Waals surface area contributed by atoms with E-state index in [2.05, 4.69) is 15.4 Å². The minimum absolute atomic E-state index is 0.0118. The maximum atomic E-state index is 12.1. The molecule has 0 fully saturated rings. The highest BCUT2D eigenvalue weighted by Crippen LogP contribution is 2.22. The molecule has 19 heavy (non-hydrogen) atoms. The van der Waals surface area contributed by atoms with Gasteiger partial charge in [0.2, 0.25) is 16.0 Å². The number of hydrogen-bond donors (Lipinski definition) is 3. The van der Waals surface area contributed by atoms with Crippen LogP contribution in [-0.2, 0) is 10.0 Å². The van der Waals surface area contributed by atoms with Crippen molar-refractivity contribution in [2.45, 2.75) is 30.5 Å². The molecule has 1 heterocycles. The smallest absolute Gasteiger partial charge is 0.292 e. The summed E-state index contributed by atoms with van der Waals surface area (Å²) in [7, 11) is -4.10. The predicted octanol–water partition coefficient (Wildman–Crippen LogP) is 0.381. The molecule has 1 rings (SSSR count). The van der Waals surface area contributed by atoms with Gasteiger partial charge in [-0.2, -0.15) is 13.2 Å². The van der Waals surface area contributed by atoms with E-state index in [1.807, 2.05) is 4.72 Å². The normalized spacial score (nSPS) is 14.2. The summed E-state index contributed by atoms with van der Waals surface area (Å²) < 4.78 is 61.6. The summed E-state index contributed by atoms with van der Waals surface area (Å²) in [5, 5.41) is 0.